The molecule has 0 aliphatic heterocycles. The Balaban J connectivity index is 1.35. The summed E-state index contributed by atoms with van der Waals surface area (Å²) in [6.07, 6.45) is 9.34. The second-order valence-electron chi connectivity index (χ2n) is 10.8. The molecule has 4 bridgehead atoms. The van der Waals surface area contributed by atoms with Crippen LogP contribution in [0.5, 0.6) is 0 Å². The third kappa shape index (κ3) is 2.03. The zero-order valence-corrected chi connectivity index (χ0v) is 17.8. The summed E-state index contributed by atoms with van der Waals surface area (Å²) in [5.74, 6) is 3.67. The molecule has 0 saturated heterocycles. The number of benzene rings is 3. The average molecular weight is 402 g/mol. The highest BCUT2D eigenvalue weighted by Gasteiger charge is 2.61. The highest BCUT2D eigenvalue weighted by atomic mass is 14.7. The van der Waals surface area contributed by atoms with Gasteiger partial charge in [0, 0.05) is 17.1 Å². The van der Waals surface area contributed by atoms with E-state index in [2.05, 4.69) is 71.7 Å². The lowest BCUT2D eigenvalue weighted by Gasteiger charge is -2.61. The molecule has 5 aliphatic carbocycles. The largest absolute Gasteiger partial charge is 0.361 e. The van der Waals surface area contributed by atoms with Crippen molar-refractivity contribution in [3.63, 3.8) is 0 Å². The summed E-state index contributed by atoms with van der Waals surface area (Å²) < 4.78 is 0. The number of nitrogens with one attached hydrogen (secondary N) is 1. The Morgan fingerprint density at radius 3 is 2.19 bits per heavy atom. The normalized spacial score (nSPS) is 32.0. The van der Waals surface area contributed by atoms with Gasteiger partial charge >= 0.3 is 0 Å². The first-order valence-corrected chi connectivity index (χ1v) is 12.1. The molecule has 4 fully saturated rings. The number of aromatic amines is 1. The molecule has 1 N–H and O–H groups in total. The fourth-order valence-electron chi connectivity index (χ4n) is 8.57. The van der Waals surface area contributed by atoms with Gasteiger partial charge in [0.15, 0.2) is 0 Å². The predicted molar refractivity (Wildman–Crippen MR) is 127 cm³/mol. The van der Waals surface area contributed by atoms with Crippen LogP contribution in [0.25, 0.3) is 33.2 Å². The molecule has 0 amide bonds. The fourth-order valence-corrected chi connectivity index (χ4v) is 8.57. The zero-order chi connectivity index (χ0) is 20.2. The molecule has 0 radical (unpaired) electrons. The lowest BCUT2D eigenvalue weighted by molar-refractivity contribution is -0.0399. The van der Waals surface area contributed by atoms with Crippen LogP contribution >= 0.6 is 0 Å². The Hall–Kier alpha value is -2.80. The number of hydrogen-bond acceptors (Lipinski definition) is 0. The van der Waals surface area contributed by atoms with Gasteiger partial charge < -0.3 is 4.98 Å². The van der Waals surface area contributed by atoms with Gasteiger partial charge in [0.25, 0.3) is 0 Å². The molecular weight excluding hydrogens is 374 g/mol. The minimum Gasteiger partial charge on any atom is -0.361 e. The lowest BCUT2D eigenvalue weighted by Crippen LogP contribution is -2.55. The Bertz CT molecular complexity index is 1330. The smallest absolute Gasteiger partial charge is 0.0460 e. The number of H-pyrrole nitrogens is 1. The molecule has 1 heteroatoms. The molecule has 0 atom stereocenters. The van der Waals surface area contributed by atoms with Crippen molar-refractivity contribution < 1.29 is 0 Å². The van der Waals surface area contributed by atoms with Crippen LogP contribution in [0.15, 0.2) is 72.9 Å². The predicted octanol–water partition coefficient (Wildman–Crippen LogP) is 7.56. The van der Waals surface area contributed by atoms with Crippen LogP contribution in [-0.4, -0.2) is 4.98 Å². The Morgan fingerprint density at radius 2 is 1.35 bits per heavy atom. The van der Waals surface area contributed by atoms with Crippen LogP contribution in [0.4, 0.5) is 0 Å². The molecule has 1 spiro atoms. The van der Waals surface area contributed by atoms with E-state index in [1.165, 1.54) is 65.3 Å². The van der Waals surface area contributed by atoms with Crippen LogP contribution in [0.3, 0.4) is 0 Å². The SMILES string of the molecule is c1ccc2c(c1)-c1cc(-c3ccc4cc[nH]c4c3)ccc1C21C2CC3CC(C2)CC1C3. The van der Waals surface area contributed by atoms with E-state index in [9.17, 15) is 0 Å². The van der Waals surface area contributed by atoms with Crippen molar-refractivity contribution in [1.29, 1.82) is 0 Å². The topological polar surface area (TPSA) is 15.8 Å². The summed E-state index contributed by atoms with van der Waals surface area (Å²) in [7, 11) is 0. The number of rotatable bonds is 1. The van der Waals surface area contributed by atoms with Gasteiger partial charge in [-0.05, 0) is 113 Å². The highest BCUT2D eigenvalue weighted by molar-refractivity contribution is 5.88. The molecule has 5 aliphatic rings. The number of fused-ring (bicyclic) bond motifs is 4. The molecular formula is C30H27N. The van der Waals surface area contributed by atoms with Crippen molar-refractivity contribution in [1.82, 2.24) is 4.98 Å². The van der Waals surface area contributed by atoms with Crippen molar-refractivity contribution in [3.8, 4) is 22.3 Å². The minimum absolute atomic E-state index is 0.279. The molecule has 4 saturated carbocycles. The van der Waals surface area contributed by atoms with E-state index < -0.39 is 0 Å². The van der Waals surface area contributed by atoms with Crippen LogP contribution in [0.1, 0.15) is 43.2 Å². The summed E-state index contributed by atoms with van der Waals surface area (Å²) in [5, 5.41) is 1.28. The first-order valence-electron chi connectivity index (χ1n) is 12.1. The summed E-state index contributed by atoms with van der Waals surface area (Å²) in [6.45, 7) is 0. The Morgan fingerprint density at radius 1 is 0.645 bits per heavy atom. The second-order valence-corrected chi connectivity index (χ2v) is 10.8. The van der Waals surface area contributed by atoms with Crippen LogP contribution in [0.2, 0.25) is 0 Å². The average Bonchev–Trinajstić information content (AvgIpc) is 3.38. The van der Waals surface area contributed by atoms with Gasteiger partial charge in [-0.3, -0.25) is 0 Å². The van der Waals surface area contributed by atoms with E-state index in [1.54, 1.807) is 11.1 Å². The van der Waals surface area contributed by atoms with Crippen LogP contribution in [-0.2, 0) is 5.41 Å². The van der Waals surface area contributed by atoms with E-state index in [-0.39, 0.29) is 5.41 Å². The summed E-state index contributed by atoms with van der Waals surface area (Å²) in [6, 6.07) is 25.8. The monoisotopic (exact) mass is 401 g/mol. The third-order valence-corrected chi connectivity index (χ3v) is 9.44. The number of aromatic nitrogens is 1. The van der Waals surface area contributed by atoms with Crippen molar-refractivity contribution in [2.75, 3.05) is 0 Å². The standard InChI is InChI=1S/C30H27N/c1-2-4-27-25(3-1)26-16-21(22-6-5-20-9-10-31-29(20)17-22)7-8-28(26)30(27)23-12-18-11-19(14-23)15-24(30)13-18/h1-10,16-19,23-24,31H,11-15H2. The Kier molecular flexibility index (Phi) is 3.10. The van der Waals surface area contributed by atoms with Crippen molar-refractivity contribution in [2.45, 2.75) is 37.5 Å². The summed E-state index contributed by atoms with van der Waals surface area (Å²) >= 11 is 0. The first-order chi connectivity index (χ1) is 15.3. The maximum Gasteiger partial charge on any atom is 0.0460 e. The molecule has 1 nitrogen and oxygen atoms in total. The lowest BCUT2D eigenvalue weighted by atomic mass is 9.43. The van der Waals surface area contributed by atoms with E-state index in [1.807, 2.05) is 6.20 Å². The van der Waals surface area contributed by atoms with Gasteiger partial charge in [-0.2, -0.15) is 0 Å². The van der Waals surface area contributed by atoms with E-state index in [4.69, 9.17) is 0 Å². The van der Waals surface area contributed by atoms with Crippen LogP contribution < -0.4 is 0 Å². The first kappa shape index (κ1) is 16.8. The van der Waals surface area contributed by atoms with Gasteiger partial charge in [-0.15, -0.1) is 0 Å². The molecule has 0 unspecified atom stereocenters. The molecule has 31 heavy (non-hydrogen) atoms. The quantitative estimate of drug-likeness (QED) is 0.339. The molecule has 152 valence electrons. The van der Waals surface area contributed by atoms with Gasteiger partial charge in [0.2, 0.25) is 0 Å². The molecule has 9 rings (SSSR count). The van der Waals surface area contributed by atoms with Crippen molar-refractivity contribution >= 4 is 10.9 Å². The van der Waals surface area contributed by atoms with E-state index >= 15 is 0 Å². The molecule has 3 aromatic carbocycles. The highest BCUT2D eigenvalue weighted by Crippen LogP contribution is 2.69. The maximum atomic E-state index is 3.38. The third-order valence-electron chi connectivity index (χ3n) is 9.44. The fraction of sp³-hybridized carbons (Fsp3) is 0.333. The summed E-state index contributed by atoms with van der Waals surface area (Å²) in [5.41, 5.74) is 10.5. The number of hydrogen-bond donors (Lipinski definition) is 1. The maximum absolute atomic E-state index is 3.38. The van der Waals surface area contributed by atoms with E-state index in [0.717, 1.165) is 23.7 Å². The summed E-state index contributed by atoms with van der Waals surface area (Å²) in [4.78, 5) is 3.38. The van der Waals surface area contributed by atoms with Gasteiger partial charge in [0.05, 0.1) is 0 Å². The van der Waals surface area contributed by atoms with Gasteiger partial charge in [0.1, 0.15) is 0 Å². The van der Waals surface area contributed by atoms with E-state index in [0.29, 0.717) is 0 Å². The van der Waals surface area contributed by atoms with Crippen LogP contribution in [0, 0.1) is 23.7 Å². The van der Waals surface area contributed by atoms with Crippen molar-refractivity contribution in [2.24, 2.45) is 23.7 Å². The molecule has 1 heterocycles. The van der Waals surface area contributed by atoms with Gasteiger partial charge in [-0.25, -0.2) is 0 Å². The zero-order valence-electron chi connectivity index (χ0n) is 17.8. The van der Waals surface area contributed by atoms with Gasteiger partial charge in [-0.1, -0.05) is 48.5 Å². The second kappa shape index (κ2) is 5.71. The molecule has 1 aromatic heterocycles. The van der Waals surface area contributed by atoms with Crippen molar-refractivity contribution in [3.05, 3.63) is 84.1 Å². The molecule has 4 aromatic rings. The minimum atomic E-state index is 0.279. The Labute approximate surface area is 183 Å².